The summed E-state index contributed by atoms with van der Waals surface area (Å²) in [7, 11) is 2.86. The van der Waals surface area contributed by atoms with Crippen LogP contribution in [0.25, 0.3) is 0 Å². The van der Waals surface area contributed by atoms with Crippen LogP contribution in [0.5, 0.6) is 0 Å². The number of methoxy groups -OCH3 is 1. The third kappa shape index (κ3) is 4.07. The molecule has 0 atom stereocenters. The number of nitrogens with one attached hydrogen (secondary N) is 1. The van der Waals surface area contributed by atoms with Gasteiger partial charge in [-0.25, -0.2) is 9.18 Å². The van der Waals surface area contributed by atoms with Gasteiger partial charge in [0.2, 0.25) is 0 Å². The number of carbonyl (C=O) groups excluding carboxylic acids is 2. The highest BCUT2D eigenvalue weighted by Crippen LogP contribution is 2.20. The summed E-state index contributed by atoms with van der Waals surface area (Å²) >= 11 is 3.14. The standard InChI is InChI=1S/C16H14BrFN2O3/c1-20(16(22)23-2)12-6-4-11(5-7-12)19-15(21)13-8-3-10(17)9-14(13)18/h3-9H,1-2H3,(H,19,21). The van der Waals surface area contributed by atoms with Gasteiger partial charge in [0.05, 0.1) is 12.7 Å². The van der Waals surface area contributed by atoms with Crippen molar-refractivity contribution in [2.45, 2.75) is 0 Å². The summed E-state index contributed by atoms with van der Waals surface area (Å²) in [5.41, 5.74) is 1.04. The number of halogens is 2. The van der Waals surface area contributed by atoms with Gasteiger partial charge in [0.15, 0.2) is 0 Å². The number of nitrogens with zero attached hydrogens (tertiary/aromatic N) is 1. The van der Waals surface area contributed by atoms with Crippen LogP contribution in [0.2, 0.25) is 0 Å². The van der Waals surface area contributed by atoms with Crippen LogP contribution in [-0.2, 0) is 4.74 Å². The molecule has 23 heavy (non-hydrogen) atoms. The lowest BCUT2D eigenvalue weighted by atomic mass is 10.2. The summed E-state index contributed by atoms with van der Waals surface area (Å²) < 4.78 is 18.9. The van der Waals surface area contributed by atoms with Crippen LogP contribution in [0.4, 0.5) is 20.6 Å². The van der Waals surface area contributed by atoms with E-state index in [0.717, 1.165) is 0 Å². The van der Waals surface area contributed by atoms with Crippen molar-refractivity contribution in [2.24, 2.45) is 0 Å². The van der Waals surface area contributed by atoms with Gasteiger partial charge in [0.25, 0.3) is 5.91 Å². The Kier molecular flexibility index (Phi) is 5.33. The lowest BCUT2D eigenvalue weighted by molar-refractivity contribution is 0.102. The maximum atomic E-state index is 13.8. The molecule has 1 N–H and O–H groups in total. The molecule has 2 aromatic carbocycles. The van der Waals surface area contributed by atoms with Crippen LogP contribution >= 0.6 is 15.9 Å². The number of rotatable bonds is 3. The van der Waals surface area contributed by atoms with Crippen molar-refractivity contribution in [2.75, 3.05) is 24.4 Å². The molecule has 0 radical (unpaired) electrons. The van der Waals surface area contributed by atoms with Crippen LogP contribution in [-0.4, -0.2) is 26.2 Å². The molecular weight excluding hydrogens is 367 g/mol. The predicted molar refractivity (Wildman–Crippen MR) is 89.3 cm³/mol. The van der Waals surface area contributed by atoms with Gasteiger partial charge in [-0.2, -0.15) is 0 Å². The minimum absolute atomic E-state index is 0.0519. The first-order valence-electron chi connectivity index (χ1n) is 6.60. The molecule has 0 saturated heterocycles. The van der Waals surface area contributed by atoms with Crippen molar-refractivity contribution in [1.29, 1.82) is 0 Å². The number of hydrogen-bond donors (Lipinski definition) is 1. The van der Waals surface area contributed by atoms with E-state index in [0.29, 0.717) is 15.8 Å². The van der Waals surface area contributed by atoms with Gasteiger partial charge in [-0.3, -0.25) is 9.69 Å². The minimum atomic E-state index is -0.612. The molecule has 2 rings (SSSR count). The van der Waals surface area contributed by atoms with Gasteiger partial charge in [-0.05, 0) is 42.5 Å². The molecule has 0 aromatic heterocycles. The number of ether oxygens (including phenoxy) is 1. The zero-order valence-corrected chi connectivity index (χ0v) is 14.1. The molecule has 0 bridgehead atoms. The smallest absolute Gasteiger partial charge is 0.413 e. The molecule has 2 amide bonds. The van der Waals surface area contributed by atoms with Crippen molar-refractivity contribution in [1.82, 2.24) is 0 Å². The molecule has 120 valence electrons. The normalized spacial score (nSPS) is 10.1. The zero-order valence-electron chi connectivity index (χ0n) is 12.5. The Labute approximate surface area is 141 Å². The van der Waals surface area contributed by atoms with E-state index < -0.39 is 17.8 Å². The van der Waals surface area contributed by atoms with E-state index in [2.05, 4.69) is 26.0 Å². The number of benzene rings is 2. The van der Waals surface area contributed by atoms with Crippen LogP contribution < -0.4 is 10.2 Å². The molecular formula is C16H14BrFN2O3. The van der Waals surface area contributed by atoms with Gasteiger partial charge in [-0.15, -0.1) is 0 Å². The fraction of sp³-hybridized carbons (Fsp3) is 0.125. The highest BCUT2D eigenvalue weighted by Gasteiger charge is 2.13. The second kappa shape index (κ2) is 7.23. The lowest BCUT2D eigenvalue weighted by Crippen LogP contribution is -2.25. The average molecular weight is 381 g/mol. The van der Waals surface area contributed by atoms with Crippen LogP contribution in [0.1, 0.15) is 10.4 Å². The first kappa shape index (κ1) is 17.0. The second-order valence-corrected chi connectivity index (χ2v) is 5.57. The maximum absolute atomic E-state index is 13.8. The van der Waals surface area contributed by atoms with Crippen molar-refractivity contribution >= 4 is 39.3 Å². The van der Waals surface area contributed by atoms with Crippen molar-refractivity contribution in [3.05, 3.63) is 58.3 Å². The largest absolute Gasteiger partial charge is 0.452 e. The fourth-order valence-electron chi connectivity index (χ4n) is 1.88. The number of amides is 2. The Morgan fingerprint density at radius 1 is 1.17 bits per heavy atom. The summed E-state index contributed by atoms with van der Waals surface area (Å²) in [6, 6.07) is 10.7. The zero-order chi connectivity index (χ0) is 17.0. The molecule has 0 saturated carbocycles. The molecule has 0 aliphatic heterocycles. The van der Waals surface area contributed by atoms with Crippen LogP contribution in [0.15, 0.2) is 46.9 Å². The number of anilines is 2. The van der Waals surface area contributed by atoms with E-state index in [1.54, 1.807) is 37.4 Å². The molecule has 2 aromatic rings. The minimum Gasteiger partial charge on any atom is -0.452 e. The van der Waals surface area contributed by atoms with Gasteiger partial charge in [0, 0.05) is 22.9 Å². The summed E-state index contributed by atoms with van der Waals surface area (Å²) in [5.74, 6) is -1.16. The fourth-order valence-corrected chi connectivity index (χ4v) is 2.22. The second-order valence-electron chi connectivity index (χ2n) is 4.65. The SMILES string of the molecule is COC(=O)N(C)c1ccc(NC(=O)c2ccc(Br)cc2F)cc1. The van der Waals surface area contributed by atoms with E-state index in [-0.39, 0.29) is 5.56 Å². The Hall–Kier alpha value is -2.41. The van der Waals surface area contributed by atoms with Crippen molar-refractivity contribution in [3.8, 4) is 0 Å². The Morgan fingerprint density at radius 2 is 1.83 bits per heavy atom. The third-order valence-electron chi connectivity index (χ3n) is 3.14. The molecule has 0 heterocycles. The molecule has 0 fully saturated rings. The van der Waals surface area contributed by atoms with Gasteiger partial charge in [0.1, 0.15) is 5.82 Å². The molecule has 0 aliphatic carbocycles. The predicted octanol–water partition coefficient (Wildman–Crippen LogP) is 4.04. The first-order valence-corrected chi connectivity index (χ1v) is 7.40. The van der Waals surface area contributed by atoms with Gasteiger partial charge < -0.3 is 10.1 Å². The Morgan fingerprint density at radius 3 is 2.39 bits per heavy atom. The van der Waals surface area contributed by atoms with Crippen LogP contribution in [0.3, 0.4) is 0 Å². The van der Waals surface area contributed by atoms with Crippen LogP contribution in [0, 0.1) is 5.82 Å². The highest BCUT2D eigenvalue weighted by molar-refractivity contribution is 9.10. The third-order valence-corrected chi connectivity index (χ3v) is 3.63. The quantitative estimate of drug-likeness (QED) is 0.873. The van der Waals surface area contributed by atoms with E-state index >= 15 is 0 Å². The number of carbonyl (C=O) groups is 2. The molecule has 0 spiro atoms. The monoisotopic (exact) mass is 380 g/mol. The van der Waals surface area contributed by atoms with E-state index in [4.69, 9.17) is 0 Å². The van der Waals surface area contributed by atoms with E-state index in [1.807, 2.05) is 0 Å². The van der Waals surface area contributed by atoms with E-state index in [1.165, 1.54) is 24.1 Å². The molecule has 0 aliphatic rings. The summed E-state index contributed by atoms with van der Waals surface area (Å²) in [6.45, 7) is 0. The Balaban J connectivity index is 2.11. The molecule has 5 nitrogen and oxygen atoms in total. The van der Waals surface area contributed by atoms with E-state index in [9.17, 15) is 14.0 Å². The summed E-state index contributed by atoms with van der Waals surface area (Å²) in [5, 5.41) is 2.60. The van der Waals surface area contributed by atoms with Crippen molar-refractivity contribution in [3.63, 3.8) is 0 Å². The molecule has 0 unspecified atom stereocenters. The van der Waals surface area contributed by atoms with Gasteiger partial charge in [-0.1, -0.05) is 15.9 Å². The maximum Gasteiger partial charge on any atom is 0.413 e. The highest BCUT2D eigenvalue weighted by atomic mass is 79.9. The number of hydrogen-bond acceptors (Lipinski definition) is 3. The Bertz CT molecular complexity index is 735. The average Bonchev–Trinajstić information content (AvgIpc) is 2.54. The first-order chi connectivity index (χ1) is 10.9. The molecule has 7 heteroatoms. The summed E-state index contributed by atoms with van der Waals surface area (Å²) in [4.78, 5) is 24.8. The van der Waals surface area contributed by atoms with Crippen molar-refractivity contribution < 1.29 is 18.7 Å². The van der Waals surface area contributed by atoms with Gasteiger partial charge >= 0.3 is 6.09 Å². The topological polar surface area (TPSA) is 58.6 Å². The lowest BCUT2D eigenvalue weighted by Gasteiger charge is -2.16. The summed E-state index contributed by atoms with van der Waals surface area (Å²) in [6.07, 6.45) is -0.501.